The minimum Gasteiger partial charge on any atom is -0.340 e. The Balaban J connectivity index is 1.84. The third-order valence-electron chi connectivity index (χ3n) is 5.58. The van der Waals surface area contributed by atoms with Crippen molar-refractivity contribution in [2.75, 3.05) is 19.6 Å². The molecule has 5 nitrogen and oxygen atoms in total. The highest BCUT2D eigenvalue weighted by molar-refractivity contribution is 6.00. The molecule has 0 bridgehead atoms. The third-order valence-corrected chi connectivity index (χ3v) is 5.58. The molecule has 1 spiro atoms. The lowest BCUT2D eigenvalue weighted by molar-refractivity contribution is -0.158. The van der Waals surface area contributed by atoms with Crippen LogP contribution in [0.5, 0.6) is 0 Å². The van der Waals surface area contributed by atoms with E-state index in [-0.39, 0.29) is 23.9 Å². The van der Waals surface area contributed by atoms with Crippen LogP contribution >= 0.6 is 0 Å². The number of hydrogen-bond acceptors (Lipinski definition) is 3. The summed E-state index contributed by atoms with van der Waals surface area (Å²) >= 11 is 0. The largest absolute Gasteiger partial charge is 0.340 e. The van der Waals surface area contributed by atoms with Crippen LogP contribution in [0.4, 0.5) is 0 Å². The number of nitrogens with zero attached hydrogens (tertiary/aromatic N) is 2. The van der Waals surface area contributed by atoms with Gasteiger partial charge in [-0.15, -0.1) is 0 Å². The van der Waals surface area contributed by atoms with E-state index in [1.54, 1.807) is 0 Å². The first kappa shape index (κ1) is 14.8. The van der Waals surface area contributed by atoms with Crippen LogP contribution in [0, 0.1) is 0 Å². The first-order valence-corrected chi connectivity index (χ1v) is 8.44. The number of hydrogen-bond donors (Lipinski definition) is 1. The van der Waals surface area contributed by atoms with Crippen molar-refractivity contribution in [1.29, 1.82) is 0 Å². The summed E-state index contributed by atoms with van der Waals surface area (Å²) in [4.78, 5) is 29.8. The molecular formula is C16H27N3O2. The highest BCUT2D eigenvalue weighted by Gasteiger charge is 2.52. The molecule has 3 fully saturated rings. The van der Waals surface area contributed by atoms with Gasteiger partial charge in [-0.25, -0.2) is 0 Å². The lowest BCUT2D eigenvalue weighted by Crippen LogP contribution is -2.71. The zero-order valence-corrected chi connectivity index (χ0v) is 13.2. The molecule has 0 aromatic carbocycles. The molecule has 1 aliphatic carbocycles. The Morgan fingerprint density at radius 2 is 1.95 bits per heavy atom. The van der Waals surface area contributed by atoms with Crippen LogP contribution in [-0.2, 0) is 9.59 Å². The van der Waals surface area contributed by atoms with Crippen molar-refractivity contribution in [2.24, 2.45) is 0 Å². The average Bonchev–Trinajstić information content (AvgIpc) is 2.95. The number of piperazine rings is 1. The fourth-order valence-corrected chi connectivity index (χ4v) is 4.29. The second-order valence-electron chi connectivity index (χ2n) is 6.86. The van der Waals surface area contributed by atoms with Crippen molar-refractivity contribution >= 4 is 11.8 Å². The molecular weight excluding hydrogens is 266 g/mol. The predicted molar refractivity (Wildman–Crippen MR) is 80.8 cm³/mol. The number of nitrogens with one attached hydrogen (secondary N) is 1. The fraction of sp³-hybridized carbons (Fsp3) is 0.875. The molecule has 5 heteroatoms. The Bertz CT molecular complexity index is 431. The molecule has 0 aromatic heterocycles. The second kappa shape index (κ2) is 5.59. The van der Waals surface area contributed by atoms with E-state index in [1.807, 2.05) is 11.8 Å². The van der Waals surface area contributed by atoms with Crippen molar-refractivity contribution < 1.29 is 9.59 Å². The number of likely N-dealkylation sites (tertiary alicyclic amines) is 1. The minimum atomic E-state index is -0.585. The number of rotatable bonds is 2. The van der Waals surface area contributed by atoms with Gasteiger partial charge in [0, 0.05) is 12.6 Å². The molecule has 2 saturated heterocycles. The summed E-state index contributed by atoms with van der Waals surface area (Å²) in [6, 6.07) is -0.129. The predicted octanol–water partition coefficient (Wildman–Crippen LogP) is 1.13. The lowest BCUT2D eigenvalue weighted by Gasteiger charge is -2.49. The molecule has 2 aliphatic heterocycles. The van der Waals surface area contributed by atoms with Crippen molar-refractivity contribution in [3.63, 3.8) is 0 Å². The average molecular weight is 293 g/mol. The molecule has 118 valence electrons. The van der Waals surface area contributed by atoms with Gasteiger partial charge >= 0.3 is 0 Å². The van der Waals surface area contributed by atoms with Crippen molar-refractivity contribution in [2.45, 2.75) is 70.0 Å². The Kier molecular flexibility index (Phi) is 3.95. The van der Waals surface area contributed by atoms with Crippen molar-refractivity contribution in [1.82, 2.24) is 15.1 Å². The zero-order chi connectivity index (χ0) is 15.0. The number of amides is 2. The maximum absolute atomic E-state index is 13.1. The molecule has 3 aliphatic rings. The second-order valence-corrected chi connectivity index (χ2v) is 6.86. The number of piperidine rings is 1. The fourth-order valence-electron chi connectivity index (χ4n) is 4.29. The van der Waals surface area contributed by atoms with Gasteiger partial charge in [0.2, 0.25) is 11.8 Å². The Hall–Kier alpha value is -1.10. The number of likely N-dealkylation sites (N-methyl/N-ethyl adjacent to an activating group) is 1. The van der Waals surface area contributed by atoms with Crippen LogP contribution in [0.3, 0.4) is 0 Å². The van der Waals surface area contributed by atoms with Gasteiger partial charge in [-0.1, -0.05) is 19.8 Å². The Labute approximate surface area is 127 Å². The molecule has 0 aromatic rings. The van der Waals surface area contributed by atoms with Gasteiger partial charge in [0.25, 0.3) is 0 Å². The zero-order valence-electron chi connectivity index (χ0n) is 13.2. The van der Waals surface area contributed by atoms with Crippen LogP contribution in [0.1, 0.15) is 52.4 Å². The van der Waals surface area contributed by atoms with E-state index in [1.165, 1.54) is 0 Å². The van der Waals surface area contributed by atoms with Crippen LogP contribution in [0.15, 0.2) is 0 Å². The molecule has 3 rings (SSSR count). The number of carbonyl (C=O) groups excluding carboxylic acids is 2. The number of carbonyl (C=O) groups is 2. The maximum Gasteiger partial charge on any atom is 0.249 e. The highest BCUT2D eigenvalue weighted by Crippen LogP contribution is 2.36. The molecule has 1 N–H and O–H groups in total. The third kappa shape index (κ3) is 2.45. The summed E-state index contributed by atoms with van der Waals surface area (Å²) in [7, 11) is 0. The van der Waals surface area contributed by atoms with Gasteiger partial charge in [-0.3, -0.25) is 9.59 Å². The molecule has 0 radical (unpaired) electrons. The van der Waals surface area contributed by atoms with Crippen molar-refractivity contribution in [3.8, 4) is 0 Å². The summed E-state index contributed by atoms with van der Waals surface area (Å²) in [5.74, 6) is 0.208. The van der Waals surface area contributed by atoms with Crippen LogP contribution in [0.25, 0.3) is 0 Å². The van der Waals surface area contributed by atoms with E-state index in [2.05, 4.69) is 17.1 Å². The van der Waals surface area contributed by atoms with Gasteiger partial charge in [0.15, 0.2) is 0 Å². The van der Waals surface area contributed by atoms with Gasteiger partial charge in [0.1, 0.15) is 11.6 Å². The van der Waals surface area contributed by atoms with Gasteiger partial charge in [-0.2, -0.15) is 0 Å². The first-order valence-electron chi connectivity index (χ1n) is 8.44. The SMILES string of the molecule is CCN1CCCC(N2C(=O)C3(CCCC3)NC(=O)C2C)C1. The van der Waals surface area contributed by atoms with E-state index in [9.17, 15) is 9.59 Å². The van der Waals surface area contributed by atoms with E-state index in [0.717, 1.165) is 58.2 Å². The van der Waals surface area contributed by atoms with Gasteiger partial charge in [-0.05, 0) is 45.7 Å². The molecule has 2 atom stereocenters. The van der Waals surface area contributed by atoms with E-state index in [4.69, 9.17) is 0 Å². The lowest BCUT2D eigenvalue weighted by atomic mass is 9.88. The smallest absolute Gasteiger partial charge is 0.249 e. The first-order chi connectivity index (χ1) is 10.1. The van der Waals surface area contributed by atoms with Crippen LogP contribution < -0.4 is 5.32 Å². The summed E-state index contributed by atoms with van der Waals surface area (Å²) in [6.07, 6.45) is 5.84. The molecule has 2 amide bonds. The molecule has 2 unspecified atom stereocenters. The monoisotopic (exact) mass is 293 g/mol. The van der Waals surface area contributed by atoms with Crippen LogP contribution in [-0.4, -0.2) is 58.9 Å². The summed E-state index contributed by atoms with van der Waals surface area (Å²) in [5.41, 5.74) is -0.585. The van der Waals surface area contributed by atoms with E-state index in [0.29, 0.717) is 0 Å². The topological polar surface area (TPSA) is 52.6 Å². The van der Waals surface area contributed by atoms with E-state index < -0.39 is 5.54 Å². The van der Waals surface area contributed by atoms with E-state index >= 15 is 0 Å². The standard InChI is InChI=1S/C16H27N3O2/c1-3-18-10-6-7-13(11-18)19-12(2)14(20)17-16(15(19)21)8-4-5-9-16/h12-13H,3-11H2,1-2H3,(H,17,20). The summed E-state index contributed by atoms with van der Waals surface area (Å²) in [5, 5.41) is 3.04. The summed E-state index contributed by atoms with van der Waals surface area (Å²) < 4.78 is 0. The highest BCUT2D eigenvalue weighted by atomic mass is 16.2. The normalized spacial score (nSPS) is 33.5. The maximum atomic E-state index is 13.1. The molecule has 21 heavy (non-hydrogen) atoms. The summed E-state index contributed by atoms with van der Waals surface area (Å²) in [6.45, 7) is 7.08. The van der Waals surface area contributed by atoms with Crippen LogP contribution in [0.2, 0.25) is 0 Å². The van der Waals surface area contributed by atoms with Gasteiger partial charge in [0.05, 0.1) is 0 Å². The minimum absolute atomic E-state index is 0.0325. The van der Waals surface area contributed by atoms with Crippen molar-refractivity contribution in [3.05, 3.63) is 0 Å². The molecule has 1 saturated carbocycles. The Morgan fingerprint density at radius 3 is 2.62 bits per heavy atom. The quantitative estimate of drug-likeness (QED) is 0.830. The molecule has 2 heterocycles. The Morgan fingerprint density at radius 1 is 1.24 bits per heavy atom. The van der Waals surface area contributed by atoms with Gasteiger partial charge < -0.3 is 15.1 Å².